The van der Waals surface area contributed by atoms with Crippen LogP contribution in [0.15, 0.2) is 64.5 Å². The van der Waals surface area contributed by atoms with E-state index in [1.54, 1.807) is 18.2 Å². The van der Waals surface area contributed by atoms with E-state index in [1.807, 2.05) is 12.1 Å². The smallest absolute Gasteiger partial charge is 0.262 e. The van der Waals surface area contributed by atoms with E-state index in [0.717, 1.165) is 24.8 Å². The van der Waals surface area contributed by atoms with Crippen molar-refractivity contribution in [2.24, 2.45) is 4.99 Å². The maximum absolute atomic E-state index is 12.6. The summed E-state index contributed by atoms with van der Waals surface area (Å²) in [7, 11) is -3.69. The molecule has 32 heavy (non-hydrogen) atoms. The zero-order valence-corrected chi connectivity index (χ0v) is 19.7. The third-order valence-electron chi connectivity index (χ3n) is 5.26. The molecule has 6 nitrogen and oxygen atoms in total. The summed E-state index contributed by atoms with van der Waals surface area (Å²) < 4.78 is 27.8. The standard InChI is InChI=1S/C25H31N3O3S/c1-25(2,3)20-11-8-19(9-12-20)10-17-24(29)27-21-13-15-22(16-14-21)32(30,31)28-23-7-5-4-6-18-26-23/h8-17H,4-7,18H2,1-3H3,(H,26,28)(H,27,29). The predicted octanol–water partition coefficient (Wildman–Crippen LogP) is 4.89. The largest absolute Gasteiger partial charge is 0.323 e. The molecule has 170 valence electrons. The molecule has 0 aliphatic carbocycles. The highest BCUT2D eigenvalue weighted by atomic mass is 32.2. The van der Waals surface area contributed by atoms with Crippen LogP contribution in [0.4, 0.5) is 5.69 Å². The molecule has 0 radical (unpaired) electrons. The molecule has 1 amide bonds. The van der Waals surface area contributed by atoms with Gasteiger partial charge < -0.3 is 5.32 Å². The average Bonchev–Trinajstić information content (AvgIpc) is 3.00. The van der Waals surface area contributed by atoms with Gasteiger partial charge in [-0.3, -0.25) is 14.5 Å². The number of nitrogens with one attached hydrogen (secondary N) is 2. The van der Waals surface area contributed by atoms with Crippen molar-refractivity contribution in [3.8, 4) is 0 Å². The number of aliphatic imine (C=N–C) groups is 1. The van der Waals surface area contributed by atoms with Gasteiger partial charge in [0.2, 0.25) is 5.91 Å². The van der Waals surface area contributed by atoms with Crippen molar-refractivity contribution in [3.05, 3.63) is 65.7 Å². The molecule has 2 aromatic rings. The lowest BCUT2D eigenvalue weighted by Gasteiger charge is -2.18. The van der Waals surface area contributed by atoms with E-state index in [9.17, 15) is 13.2 Å². The minimum atomic E-state index is -3.69. The molecule has 0 fully saturated rings. The zero-order chi connectivity index (χ0) is 23.2. The number of rotatable bonds is 5. The Hall–Kier alpha value is -2.93. The number of amidine groups is 1. The van der Waals surface area contributed by atoms with E-state index in [4.69, 9.17) is 0 Å². The summed E-state index contributed by atoms with van der Waals surface area (Å²) >= 11 is 0. The van der Waals surface area contributed by atoms with Crippen LogP contribution in [-0.2, 0) is 20.2 Å². The molecule has 0 bridgehead atoms. The number of benzene rings is 2. The van der Waals surface area contributed by atoms with Gasteiger partial charge in [-0.2, -0.15) is 0 Å². The van der Waals surface area contributed by atoms with Gasteiger partial charge in [0.05, 0.1) is 4.90 Å². The van der Waals surface area contributed by atoms with Gasteiger partial charge in [-0.15, -0.1) is 0 Å². The predicted molar refractivity (Wildman–Crippen MR) is 130 cm³/mol. The van der Waals surface area contributed by atoms with E-state index < -0.39 is 10.0 Å². The molecule has 3 rings (SSSR count). The first-order chi connectivity index (χ1) is 15.1. The molecule has 1 heterocycles. The van der Waals surface area contributed by atoms with E-state index in [0.29, 0.717) is 24.5 Å². The number of hydrogen-bond donors (Lipinski definition) is 2. The molecule has 7 heteroatoms. The van der Waals surface area contributed by atoms with Crippen LogP contribution in [0, 0.1) is 0 Å². The third-order valence-corrected chi connectivity index (χ3v) is 6.66. The second kappa shape index (κ2) is 10.1. The molecule has 1 aliphatic rings. The Balaban J connectivity index is 1.59. The minimum absolute atomic E-state index is 0.0813. The summed E-state index contributed by atoms with van der Waals surface area (Å²) in [5, 5.41) is 2.75. The monoisotopic (exact) mass is 453 g/mol. The van der Waals surface area contributed by atoms with E-state index >= 15 is 0 Å². The Bertz CT molecular complexity index is 1090. The highest BCUT2D eigenvalue weighted by molar-refractivity contribution is 7.90. The fourth-order valence-electron chi connectivity index (χ4n) is 3.34. The molecule has 0 spiro atoms. The summed E-state index contributed by atoms with van der Waals surface area (Å²) in [6.45, 7) is 7.12. The van der Waals surface area contributed by atoms with Crippen molar-refractivity contribution >= 4 is 33.5 Å². The molecular formula is C25H31N3O3S. The number of nitrogens with zero attached hydrogens (tertiary/aromatic N) is 1. The zero-order valence-electron chi connectivity index (χ0n) is 18.9. The Morgan fingerprint density at radius 2 is 1.66 bits per heavy atom. The van der Waals surface area contributed by atoms with Gasteiger partial charge in [-0.25, -0.2) is 8.42 Å². The van der Waals surface area contributed by atoms with Crippen LogP contribution in [0.2, 0.25) is 0 Å². The Morgan fingerprint density at radius 1 is 0.969 bits per heavy atom. The molecule has 2 N–H and O–H groups in total. The minimum Gasteiger partial charge on any atom is -0.323 e. The maximum atomic E-state index is 12.6. The molecular weight excluding hydrogens is 422 g/mol. The number of hydrogen-bond acceptors (Lipinski definition) is 4. The first-order valence-corrected chi connectivity index (χ1v) is 12.4. The summed E-state index contributed by atoms with van der Waals surface area (Å²) in [5.41, 5.74) is 2.77. The average molecular weight is 454 g/mol. The van der Waals surface area contributed by atoms with Crippen molar-refractivity contribution in [2.75, 3.05) is 11.9 Å². The fraction of sp³-hybridized carbons (Fsp3) is 0.360. The number of carbonyl (C=O) groups excluding carboxylic acids is 1. The number of sulfonamides is 1. The summed E-state index contributed by atoms with van der Waals surface area (Å²) in [6.07, 6.45) is 6.82. The van der Waals surface area contributed by atoms with Gasteiger partial charge >= 0.3 is 0 Å². The quantitative estimate of drug-likeness (QED) is 0.632. The Labute approximate surface area is 190 Å². The second-order valence-electron chi connectivity index (χ2n) is 8.96. The second-order valence-corrected chi connectivity index (χ2v) is 10.6. The molecule has 0 aromatic heterocycles. The molecule has 1 aliphatic heterocycles. The van der Waals surface area contributed by atoms with Crippen LogP contribution < -0.4 is 10.0 Å². The SMILES string of the molecule is CC(C)(C)c1ccc(C=CC(=O)Nc2ccc(S(=O)(=O)NC3=NCCCCC3)cc2)cc1. The van der Waals surface area contributed by atoms with Gasteiger partial charge in [0.25, 0.3) is 10.0 Å². The van der Waals surface area contributed by atoms with E-state index in [1.165, 1.54) is 23.8 Å². The topological polar surface area (TPSA) is 87.6 Å². The fourth-order valence-corrected chi connectivity index (χ4v) is 4.43. The van der Waals surface area contributed by atoms with E-state index in [-0.39, 0.29) is 16.2 Å². The lowest BCUT2D eigenvalue weighted by molar-refractivity contribution is -0.111. The molecule has 0 saturated heterocycles. The van der Waals surface area contributed by atoms with Crippen LogP contribution in [0.3, 0.4) is 0 Å². The lowest BCUT2D eigenvalue weighted by atomic mass is 9.87. The van der Waals surface area contributed by atoms with Crippen molar-refractivity contribution in [2.45, 2.75) is 56.8 Å². The molecule has 0 saturated carbocycles. The third kappa shape index (κ3) is 6.79. The summed E-state index contributed by atoms with van der Waals surface area (Å²) in [4.78, 5) is 16.7. The van der Waals surface area contributed by atoms with Gasteiger partial charge in [0.1, 0.15) is 5.84 Å². The molecule has 2 aromatic carbocycles. The van der Waals surface area contributed by atoms with Crippen LogP contribution in [0.25, 0.3) is 6.08 Å². The summed E-state index contributed by atoms with van der Waals surface area (Å²) in [5.74, 6) is 0.229. The molecule has 0 atom stereocenters. The van der Waals surface area contributed by atoms with Gasteiger partial charge in [-0.1, -0.05) is 51.5 Å². The lowest BCUT2D eigenvalue weighted by Crippen LogP contribution is -2.30. The van der Waals surface area contributed by atoms with Crippen LogP contribution in [0.1, 0.15) is 57.6 Å². The van der Waals surface area contributed by atoms with Gasteiger partial charge in [-0.05, 0) is 59.7 Å². The number of carbonyl (C=O) groups is 1. The van der Waals surface area contributed by atoms with Crippen molar-refractivity contribution < 1.29 is 13.2 Å². The first kappa shape index (κ1) is 23.7. The van der Waals surface area contributed by atoms with Crippen molar-refractivity contribution in [1.29, 1.82) is 0 Å². The normalized spacial score (nSPS) is 15.2. The highest BCUT2D eigenvalue weighted by Crippen LogP contribution is 2.22. The van der Waals surface area contributed by atoms with E-state index in [2.05, 4.69) is 47.9 Å². The Kier molecular flexibility index (Phi) is 7.51. The van der Waals surface area contributed by atoms with Gasteiger partial charge in [0.15, 0.2) is 0 Å². The maximum Gasteiger partial charge on any atom is 0.262 e. The van der Waals surface area contributed by atoms with Crippen LogP contribution in [0.5, 0.6) is 0 Å². The Morgan fingerprint density at radius 3 is 2.31 bits per heavy atom. The first-order valence-electron chi connectivity index (χ1n) is 10.9. The number of amides is 1. The number of anilines is 1. The highest BCUT2D eigenvalue weighted by Gasteiger charge is 2.17. The van der Waals surface area contributed by atoms with Crippen molar-refractivity contribution in [3.63, 3.8) is 0 Å². The molecule has 0 unspecified atom stereocenters. The van der Waals surface area contributed by atoms with Crippen LogP contribution >= 0.6 is 0 Å². The van der Waals surface area contributed by atoms with Crippen LogP contribution in [-0.4, -0.2) is 26.7 Å². The van der Waals surface area contributed by atoms with Gasteiger partial charge in [0, 0.05) is 24.7 Å². The summed E-state index contributed by atoms with van der Waals surface area (Å²) in [6, 6.07) is 14.2. The van der Waals surface area contributed by atoms with Crippen molar-refractivity contribution in [1.82, 2.24) is 4.72 Å².